The minimum atomic E-state index is -3.56. The fraction of sp³-hybridized carbons (Fsp3) is 0.533. The lowest BCUT2D eigenvalue weighted by molar-refractivity contribution is -0.117. The van der Waals surface area contributed by atoms with Crippen molar-refractivity contribution in [2.75, 3.05) is 17.2 Å². The molecule has 1 aliphatic heterocycles. The van der Waals surface area contributed by atoms with E-state index in [0.29, 0.717) is 6.54 Å². The summed E-state index contributed by atoms with van der Waals surface area (Å²) >= 11 is 0. The second-order valence-electron chi connectivity index (χ2n) is 5.73. The van der Waals surface area contributed by atoms with Crippen molar-refractivity contribution in [1.82, 2.24) is 0 Å². The van der Waals surface area contributed by atoms with E-state index >= 15 is 0 Å². The first kappa shape index (κ1) is 16.8. The van der Waals surface area contributed by atoms with E-state index in [1.54, 1.807) is 4.90 Å². The molecular formula is C15H22N2O4S. The Labute approximate surface area is 131 Å². The SMILES string of the molecule is CCC(C)Oc1ccc(N2CC(CS(N)(=O)=O)CC2=O)cc1. The largest absolute Gasteiger partial charge is 0.491 e. The Balaban J connectivity index is 2.04. The number of ether oxygens (including phenoxy) is 1. The van der Waals surface area contributed by atoms with Crippen molar-refractivity contribution in [3.05, 3.63) is 24.3 Å². The summed E-state index contributed by atoms with van der Waals surface area (Å²) in [4.78, 5) is 13.6. The molecule has 2 N–H and O–H groups in total. The molecule has 122 valence electrons. The van der Waals surface area contributed by atoms with E-state index in [-0.39, 0.29) is 30.1 Å². The van der Waals surface area contributed by atoms with E-state index in [0.717, 1.165) is 17.9 Å². The molecule has 1 fully saturated rings. The van der Waals surface area contributed by atoms with Gasteiger partial charge in [0.05, 0.1) is 11.9 Å². The number of nitrogens with two attached hydrogens (primary N) is 1. The Kier molecular flexibility index (Phi) is 5.08. The first-order valence-electron chi connectivity index (χ1n) is 7.36. The van der Waals surface area contributed by atoms with Crippen molar-refractivity contribution in [1.29, 1.82) is 0 Å². The zero-order chi connectivity index (χ0) is 16.3. The Hall–Kier alpha value is -1.60. The normalized spacial score (nSPS) is 20.2. The van der Waals surface area contributed by atoms with E-state index < -0.39 is 10.0 Å². The van der Waals surface area contributed by atoms with Crippen molar-refractivity contribution in [2.45, 2.75) is 32.8 Å². The zero-order valence-electron chi connectivity index (χ0n) is 12.9. The highest BCUT2D eigenvalue weighted by Gasteiger charge is 2.32. The fourth-order valence-electron chi connectivity index (χ4n) is 2.49. The molecule has 1 aromatic rings. The molecule has 2 rings (SSSR count). The van der Waals surface area contributed by atoms with Gasteiger partial charge in [0.15, 0.2) is 0 Å². The molecule has 1 saturated heterocycles. The van der Waals surface area contributed by atoms with Gasteiger partial charge >= 0.3 is 0 Å². The molecule has 22 heavy (non-hydrogen) atoms. The number of carbonyl (C=O) groups is 1. The third-order valence-corrected chi connectivity index (χ3v) is 4.67. The predicted molar refractivity (Wildman–Crippen MR) is 85.3 cm³/mol. The standard InChI is InChI=1S/C15H22N2O4S/c1-3-11(2)21-14-6-4-13(5-7-14)17-9-12(8-15(17)18)10-22(16,19)20/h4-7,11-12H,3,8-10H2,1-2H3,(H2,16,19,20). The summed E-state index contributed by atoms with van der Waals surface area (Å²) in [6, 6.07) is 7.27. The van der Waals surface area contributed by atoms with Gasteiger partial charge < -0.3 is 9.64 Å². The van der Waals surface area contributed by atoms with E-state index in [9.17, 15) is 13.2 Å². The molecule has 6 nitrogen and oxygen atoms in total. The van der Waals surface area contributed by atoms with Crippen LogP contribution in [0.25, 0.3) is 0 Å². The molecule has 0 saturated carbocycles. The summed E-state index contributed by atoms with van der Waals surface area (Å²) < 4.78 is 28.0. The second kappa shape index (κ2) is 6.66. The smallest absolute Gasteiger partial charge is 0.227 e. The molecule has 0 aromatic heterocycles. The number of hydrogen-bond donors (Lipinski definition) is 1. The number of carbonyl (C=O) groups excluding carboxylic acids is 1. The summed E-state index contributed by atoms with van der Waals surface area (Å²) in [5.74, 6) is 0.262. The summed E-state index contributed by atoms with van der Waals surface area (Å²) in [5.41, 5.74) is 0.749. The van der Waals surface area contributed by atoms with Crippen LogP contribution in [-0.2, 0) is 14.8 Å². The molecule has 2 atom stereocenters. The molecule has 1 amide bonds. The molecule has 0 aliphatic carbocycles. The third-order valence-electron chi connectivity index (χ3n) is 3.73. The summed E-state index contributed by atoms with van der Waals surface area (Å²) in [7, 11) is -3.56. The van der Waals surface area contributed by atoms with Crippen molar-refractivity contribution < 1.29 is 17.9 Å². The van der Waals surface area contributed by atoms with Gasteiger partial charge in [-0.25, -0.2) is 13.6 Å². The fourth-order valence-corrected chi connectivity index (χ4v) is 3.37. The van der Waals surface area contributed by atoms with Crippen LogP contribution < -0.4 is 14.8 Å². The monoisotopic (exact) mass is 326 g/mol. The maximum absolute atomic E-state index is 12.0. The van der Waals surface area contributed by atoms with Crippen LogP contribution in [0.1, 0.15) is 26.7 Å². The zero-order valence-corrected chi connectivity index (χ0v) is 13.7. The average Bonchev–Trinajstić information content (AvgIpc) is 2.78. The molecule has 1 aromatic carbocycles. The number of sulfonamides is 1. The van der Waals surface area contributed by atoms with E-state index in [2.05, 4.69) is 0 Å². The molecule has 1 aliphatic rings. The van der Waals surface area contributed by atoms with Crippen molar-refractivity contribution in [3.8, 4) is 5.75 Å². The maximum atomic E-state index is 12.0. The second-order valence-corrected chi connectivity index (χ2v) is 7.39. The Morgan fingerprint density at radius 3 is 2.55 bits per heavy atom. The molecule has 0 bridgehead atoms. The van der Waals surface area contributed by atoms with Crippen LogP contribution in [0, 0.1) is 5.92 Å². The number of hydrogen-bond acceptors (Lipinski definition) is 4. The van der Waals surface area contributed by atoms with Crippen molar-refractivity contribution in [3.63, 3.8) is 0 Å². The van der Waals surface area contributed by atoms with Gasteiger partial charge in [-0.15, -0.1) is 0 Å². The first-order chi connectivity index (χ1) is 10.3. The predicted octanol–water partition coefficient (Wildman–Crippen LogP) is 1.51. The number of primary sulfonamides is 1. The lowest BCUT2D eigenvalue weighted by Crippen LogP contribution is -2.27. The minimum Gasteiger partial charge on any atom is -0.491 e. The highest BCUT2D eigenvalue weighted by molar-refractivity contribution is 7.89. The third kappa shape index (κ3) is 4.45. The topological polar surface area (TPSA) is 89.7 Å². The van der Waals surface area contributed by atoms with Gasteiger partial charge in [0.2, 0.25) is 15.9 Å². The maximum Gasteiger partial charge on any atom is 0.227 e. The van der Waals surface area contributed by atoms with Gasteiger partial charge in [-0.3, -0.25) is 4.79 Å². The van der Waals surface area contributed by atoms with Gasteiger partial charge in [0.25, 0.3) is 0 Å². The van der Waals surface area contributed by atoms with Gasteiger partial charge in [-0.2, -0.15) is 0 Å². The molecule has 0 radical (unpaired) electrons. The molecule has 0 spiro atoms. The van der Waals surface area contributed by atoms with Crippen molar-refractivity contribution >= 4 is 21.6 Å². The quantitative estimate of drug-likeness (QED) is 0.858. The van der Waals surface area contributed by atoms with E-state index in [4.69, 9.17) is 9.88 Å². The van der Waals surface area contributed by atoms with Crippen LogP contribution in [0.2, 0.25) is 0 Å². The number of anilines is 1. The van der Waals surface area contributed by atoms with Gasteiger partial charge in [0, 0.05) is 24.6 Å². The van der Waals surface area contributed by atoms with Crippen LogP contribution in [-0.4, -0.2) is 32.7 Å². The Bertz CT molecular complexity index is 627. The number of rotatable bonds is 6. The number of amides is 1. The van der Waals surface area contributed by atoms with Gasteiger partial charge in [-0.1, -0.05) is 6.92 Å². The van der Waals surface area contributed by atoms with Crippen LogP contribution in [0.15, 0.2) is 24.3 Å². The average molecular weight is 326 g/mol. The molecule has 7 heteroatoms. The molecule has 1 heterocycles. The summed E-state index contributed by atoms with van der Waals surface area (Å²) in [5, 5.41) is 5.05. The van der Waals surface area contributed by atoms with Crippen LogP contribution >= 0.6 is 0 Å². The highest BCUT2D eigenvalue weighted by atomic mass is 32.2. The van der Waals surface area contributed by atoms with Gasteiger partial charge in [-0.05, 0) is 37.6 Å². The highest BCUT2D eigenvalue weighted by Crippen LogP contribution is 2.27. The summed E-state index contributed by atoms with van der Waals surface area (Å²) in [6.45, 7) is 4.42. The number of benzene rings is 1. The van der Waals surface area contributed by atoms with Crippen LogP contribution in [0.5, 0.6) is 5.75 Å². The van der Waals surface area contributed by atoms with E-state index in [1.165, 1.54) is 0 Å². The minimum absolute atomic E-state index is 0.0794. The Morgan fingerprint density at radius 1 is 1.36 bits per heavy atom. The van der Waals surface area contributed by atoms with Crippen molar-refractivity contribution in [2.24, 2.45) is 11.1 Å². The van der Waals surface area contributed by atoms with Crippen LogP contribution in [0.3, 0.4) is 0 Å². The lowest BCUT2D eigenvalue weighted by atomic mass is 10.1. The summed E-state index contributed by atoms with van der Waals surface area (Å²) in [6.07, 6.45) is 1.27. The first-order valence-corrected chi connectivity index (χ1v) is 9.07. The Morgan fingerprint density at radius 2 is 2.00 bits per heavy atom. The lowest BCUT2D eigenvalue weighted by Gasteiger charge is -2.18. The number of nitrogens with zero attached hydrogens (tertiary/aromatic N) is 1. The molecule has 2 unspecified atom stereocenters. The van der Waals surface area contributed by atoms with E-state index in [1.807, 2.05) is 38.1 Å². The molecular weight excluding hydrogens is 304 g/mol. The van der Waals surface area contributed by atoms with Crippen LogP contribution in [0.4, 0.5) is 5.69 Å². The van der Waals surface area contributed by atoms with Gasteiger partial charge in [0.1, 0.15) is 5.75 Å².